The number of benzene rings is 1. The first-order valence-electron chi connectivity index (χ1n) is 5.36. The third-order valence-electron chi connectivity index (χ3n) is 3.09. The van der Waals surface area contributed by atoms with Crippen LogP contribution in [0.5, 0.6) is 0 Å². The normalized spacial score (nSPS) is 18.7. The standard InChI is InChI=1S/C11H14BrN3O2/c1-14(2)8-3-9-10(12)4-7(15(16)17)5-11(9)13-6-8/h4-5,8,13H,3,6H2,1-2H3. The van der Waals surface area contributed by atoms with E-state index >= 15 is 0 Å². The molecule has 0 bridgehead atoms. The summed E-state index contributed by atoms with van der Waals surface area (Å²) < 4.78 is 0.806. The van der Waals surface area contributed by atoms with Crippen molar-refractivity contribution in [3.8, 4) is 0 Å². The van der Waals surface area contributed by atoms with Gasteiger partial charge in [0, 0.05) is 34.9 Å². The largest absolute Gasteiger partial charge is 0.383 e. The maximum Gasteiger partial charge on any atom is 0.272 e. The summed E-state index contributed by atoms with van der Waals surface area (Å²) in [7, 11) is 4.08. The van der Waals surface area contributed by atoms with Crippen LogP contribution in [0.25, 0.3) is 0 Å². The van der Waals surface area contributed by atoms with Crippen LogP contribution in [0.2, 0.25) is 0 Å². The smallest absolute Gasteiger partial charge is 0.272 e. The number of likely N-dealkylation sites (N-methyl/N-ethyl adjacent to an activating group) is 1. The number of nitrogens with one attached hydrogen (secondary N) is 1. The summed E-state index contributed by atoms with van der Waals surface area (Å²) >= 11 is 3.41. The predicted molar refractivity (Wildman–Crippen MR) is 70.5 cm³/mol. The summed E-state index contributed by atoms with van der Waals surface area (Å²) in [6.45, 7) is 0.813. The van der Waals surface area contributed by atoms with Gasteiger partial charge in [-0.1, -0.05) is 15.9 Å². The molecular formula is C11H14BrN3O2. The minimum atomic E-state index is -0.370. The van der Waals surface area contributed by atoms with Gasteiger partial charge in [-0.2, -0.15) is 0 Å². The van der Waals surface area contributed by atoms with Crippen molar-refractivity contribution in [3.05, 3.63) is 32.3 Å². The summed E-state index contributed by atoms with van der Waals surface area (Å²) in [5.41, 5.74) is 2.09. The first-order chi connectivity index (χ1) is 7.99. The van der Waals surface area contributed by atoms with Crippen molar-refractivity contribution in [1.82, 2.24) is 4.90 Å². The van der Waals surface area contributed by atoms with E-state index in [1.165, 1.54) is 0 Å². The van der Waals surface area contributed by atoms with Gasteiger partial charge < -0.3 is 10.2 Å². The molecule has 1 aliphatic rings. The molecule has 92 valence electrons. The SMILES string of the molecule is CN(C)C1CNc2cc([N+](=O)[O-])cc(Br)c2C1. The Bertz CT molecular complexity index is 462. The molecule has 1 unspecified atom stereocenters. The topological polar surface area (TPSA) is 58.4 Å². The van der Waals surface area contributed by atoms with Gasteiger partial charge in [0.15, 0.2) is 0 Å². The molecule has 0 fully saturated rings. The van der Waals surface area contributed by atoms with E-state index in [-0.39, 0.29) is 10.6 Å². The van der Waals surface area contributed by atoms with Crippen LogP contribution in [0.1, 0.15) is 5.56 Å². The number of hydrogen-bond donors (Lipinski definition) is 1. The quantitative estimate of drug-likeness (QED) is 0.672. The van der Waals surface area contributed by atoms with E-state index in [2.05, 4.69) is 26.1 Å². The van der Waals surface area contributed by atoms with Crippen LogP contribution in [0.15, 0.2) is 16.6 Å². The zero-order chi connectivity index (χ0) is 12.6. The Morgan fingerprint density at radius 3 is 2.82 bits per heavy atom. The van der Waals surface area contributed by atoms with Gasteiger partial charge in [-0.15, -0.1) is 0 Å². The number of fused-ring (bicyclic) bond motifs is 1. The number of halogens is 1. The molecular weight excluding hydrogens is 286 g/mol. The van der Waals surface area contributed by atoms with Gasteiger partial charge in [-0.3, -0.25) is 10.1 Å². The van der Waals surface area contributed by atoms with Gasteiger partial charge in [-0.25, -0.2) is 0 Å². The van der Waals surface area contributed by atoms with Crippen LogP contribution in [-0.4, -0.2) is 36.5 Å². The first kappa shape index (κ1) is 12.3. The number of nitro groups is 1. The van der Waals surface area contributed by atoms with Crippen LogP contribution in [0.4, 0.5) is 11.4 Å². The second-order valence-corrected chi connectivity index (χ2v) is 5.27. The Hall–Kier alpha value is -1.14. The Labute approximate surface area is 108 Å². The van der Waals surface area contributed by atoms with Crippen molar-refractivity contribution in [3.63, 3.8) is 0 Å². The lowest BCUT2D eigenvalue weighted by Gasteiger charge is -2.31. The number of anilines is 1. The molecule has 2 rings (SSSR count). The fourth-order valence-corrected chi connectivity index (χ4v) is 2.60. The molecule has 0 aliphatic carbocycles. The van der Waals surface area contributed by atoms with Gasteiger partial charge in [0.05, 0.1) is 4.92 Å². The molecule has 0 radical (unpaired) electrons. The Morgan fingerprint density at radius 2 is 2.24 bits per heavy atom. The van der Waals surface area contributed by atoms with E-state index in [0.29, 0.717) is 6.04 Å². The van der Waals surface area contributed by atoms with Crippen molar-refractivity contribution < 1.29 is 4.92 Å². The van der Waals surface area contributed by atoms with Crippen molar-refractivity contribution >= 4 is 27.3 Å². The van der Waals surface area contributed by atoms with E-state index in [4.69, 9.17) is 0 Å². The maximum absolute atomic E-state index is 10.8. The van der Waals surface area contributed by atoms with Crippen LogP contribution >= 0.6 is 15.9 Å². The second kappa shape index (κ2) is 4.62. The van der Waals surface area contributed by atoms with Crippen molar-refractivity contribution in [2.75, 3.05) is 26.0 Å². The van der Waals surface area contributed by atoms with Gasteiger partial charge in [0.2, 0.25) is 0 Å². The number of hydrogen-bond acceptors (Lipinski definition) is 4. The molecule has 17 heavy (non-hydrogen) atoms. The zero-order valence-corrected chi connectivity index (χ0v) is 11.3. The molecule has 0 amide bonds. The highest BCUT2D eigenvalue weighted by molar-refractivity contribution is 9.10. The summed E-state index contributed by atoms with van der Waals surface area (Å²) in [6.07, 6.45) is 0.897. The number of rotatable bonds is 2. The van der Waals surface area contributed by atoms with Crippen LogP contribution in [0, 0.1) is 10.1 Å². The van der Waals surface area contributed by atoms with Gasteiger partial charge in [0.1, 0.15) is 0 Å². The summed E-state index contributed by atoms with van der Waals surface area (Å²) in [5.74, 6) is 0. The van der Waals surface area contributed by atoms with Gasteiger partial charge in [0.25, 0.3) is 5.69 Å². The molecule has 5 nitrogen and oxygen atoms in total. The molecule has 1 N–H and O–H groups in total. The molecule has 1 aromatic carbocycles. The van der Waals surface area contributed by atoms with Crippen LogP contribution in [0.3, 0.4) is 0 Å². The van der Waals surface area contributed by atoms with Crippen molar-refractivity contribution in [2.45, 2.75) is 12.5 Å². The predicted octanol–water partition coefficient (Wildman–Crippen LogP) is 2.26. The monoisotopic (exact) mass is 299 g/mol. The minimum Gasteiger partial charge on any atom is -0.383 e. The Balaban J connectivity index is 2.37. The fraction of sp³-hybridized carbons (Fsp3) is 0.455. The number of non-ortho nitro benzene ring substituents is 1. The first-order valence-corrected chi connectivity index (χ1v) is 6.15. The fourth-order valence-electron chi connectivity index (χ4n) is 1.99. The molecule has 1 heterocycles. The zero-order valence-electron chi connectivity index (χ0n) is 9.74. The Kier molecular flexibility index (Phi) is 3.35. The lowest BCUT2D eigenvalue weighted by Crippen LogP contribution is -2.39. The van der Waals surface area contributed by atoms with E-state index in [0.717, 1.165) is 28.7 Å². The highest BCUT2D eigenvalue weighted by Gasteiger charge is 2.24. The molecule has 1 atom stereocenters. The van der Waals surface area contributed by atoms with E-state index in [9.17, 15) is 10.1 Å². The molecule has 1 aliphatic heterocycles. The molecule has 1 aromatic rings. The van der Waals surface area contributed by atoms with Gasteiger partial charge >= 0.3 is 0 Å². The molecule has 0 spiro atoms. The molecule has 0 saturated carbocycles. The average molecular weight is 300 g/mol. The molecule has 6 heteroatoms. The minimum absolute atomic E-state index is 0.117. The Morgan fingerprint density at radius 1 is 1.53 bits per heavy atom. The summed E-state index contributed by atoms with van der Waals surface area (Å²) in [4.78, 5) is 12.5. The summed E-state index contributed by atoms with van der Waals surface area (Å²) in [5, 5.41) is 14.0. The lowest BCUT2D eigenvalue weighted by molar-refractivity contribution is -0.384. The van der Waals surface area contributed by atoms with E-state index < -0.39 is 0 Å². The van der Waals surface area contributed by atoms with Crippen molar-refractivity contribution in [2.24, 2.45) is 0 Å². The average Bonchev–Trinajstić information content (AvgIpc) is 2.28. The molecule has 0 saturated heterocycles. The number of nitro benzene ring substituents is 1. The second-order valence-electron chi connectivity index (χ2n) is 4.41. The highest BCUT2D eigenvalue weighted by Crippen LogP contribution is 2.34. The van der Waals surface area contributed by atoms with Crippen LogP contribution in [-0.2, 0) is 6.42 Å². The van der Waals surface area contributed by atoms with E-state index in [1.807, 2.05) is 14.1 Å². The lowest BCUT2D eigenvalue weighted by atomic mass is 9.98. The summed E-state index contributed by atoms with van der Waals surface area (Å²) in [6, 6.07) is 3.59. The van der Waals surface area contributed by atoms with Crippen LogP contribution < -0.4 is 5.32 Å². The third-order valence-corrected chi connectivity index (χ3v) is 3.80. The van der Waals surface area contributed by atoms with E-state index in [1.54, 1.807) is 12.1 Å². The third kappa shape index (κ3) is 2.42. The number of nitrogens with zero attached hydrogens (tertiary/aromatic N) is 2. The van der Waals surface area contributed by atoms with Crippen molar-refractivity contribution in [1.29, 1.82) is 0 Å². The maximum atomic E-state index is 10.8. The highest BCUT2D eigenvalue weighted by atomic mass is 79.9. The molecule has 0 aromatic heterocycles. The van der Waals surface area contributed by atoms with Gasteiger partial charge in [-0.05, 0) is 26.1 Å².